The molecule has 0 saturated carbocycles. The van der Waals surface area contributed by atoms with Gasteiger partial charge in [-0.2, -0.15) is 0 Å². The van der Waals surface area contributed by atoms with Crippen LogP contribution in [0.5, 0.6) is 17.2 Å². The van der Waals surface area contributed by atoms with E-state index in [4.69, 9.17) is 14.2 Å². The molecule has 0 N–H and O–H groups in total. The molecule has 1 saturated heterocycles. The molecule has 172 valence electrons. The first kappa shape index (κ1) is 22.9. The van der Waals surface area contributed by atoms with Gasteiger partial charge in [0.25, 0.3) is 0 Å². The second-order valence-electron chi connectivity index (χ2n) is 8.39. The number of ether oxygens (including phenoxy) is 3. The number of likely N-dealkylation sites (tertiary alicyclic amines) is 1. The lowest BCUT2D eigenvalue weighted by Gasteiger charge is -2.28. The molecule has 5 nitrogen and oxygen atoms in total. The molecule has 1 fully saturated rings. The van der Waals surface area contributed by atoms with Crippen molar-refractivity contribution >= 4 is 5.97 Å². The van der Waals surface area contributed by atoms with Crippen molar-refractivity contribution in [3.05, 3.63) is 89.0 Å². The van der Waals surface area contributed by atoms with Gasteiger partial charge in [0.05, 0.1) is 7.11 Å². The number of hydrogen-bond donors (Lipinski definition) is 0. The number of nitrogens with zero attached hydrogens (tertiary/aromatic N) is 1. The maximum atomic E-state index is 13.3. The van der Waals surface area contributed by atoms with Crippen molar-refractivity contribution in [2.75, 3.05) is 20.2 Å². The highest BCUT2D eigenvalue weighted by Crippen LogP contribution is 2.40. The average Bonchev–Trinajstić information content (AvgIpc) is 3.38. The Labute approximate surface area is 195 Å². The van der Waals surface area contributed by atoms with E-state index in [-0.39, 0.29) is 6.04 Å². The lowest BCUT2D eigenvalue weighted by molar-refractivity contribution is 0.0728. The normalized spacial score (nSPS) is 14.6. The van der Waals surface area contributed by atoms with E-state index in [1.54, 1.807) is 19.2 Å². The Hall–Kier alpha value is -3.31. The molecular formula is C28H31NO4. The summed E-state index contributed by atoms with van der Waals surface area (Å²) < 4.78 is 17.8. The molecular weight excluding hydrogens is 414 g/mol. The smallest absolute Gasteiger partial charge is 0.347 e. The summed E-state index contributed by atoms with van der Waals surface area (Å²) in [5, 5.41) is 0. The molecule has 0 radical (unpaired) electrons. The molecule has 1 atom stereocenters. The van der Waals surface area contributed by atoms with Crippen LogP contribution in [-0.2, 0) is 6.61 Å². The van der Waals surface area contributed by atoms with Gasteiger partial charge in [-0.15, -0.1) is 0 Å². The van der Waals surface area contributed by atoms with Crippen LogP contribution in [0.4, 0.5) is 0 Å². The lowest BCUT2D eigenvalue weighted by Crippen LogP contribution is -2.24. The lowest BCUT2D eigenvalue weighted by atomic mass is 9.97. The zero-order valence-corrected chi connectivity index (χ0v) is 19.5. The highest BCUT2D eigenvalue weighted by Gasteiger charge is 2.29. The molecule has 3 aromatic carbocycles. The topological polar surface area (TPSA) is 48.0 Å². The van der Waals surface area contributed by atoms with Crippen molar-refractivity contribution in [3.8, 4) is 17.2 Å². The molecule has 3 aromatic rings. The van der Waals surface area contributed by atoms with Crippen LogP contribution >= 0.6 is 0 Å². The number of carbonyl (C=O) groups excluding carboxylic acids is 1. The predicted molar refractivity (Wildman–Crippen MR) is 129 cm³/mol. The van der Waals surface area contributed by atoms with Crippen LogP contribution in [0.25, 0.3) is 0 Å². The van der Waals surface area contributed by atoms with Crippen LogP contribution in [0.2, 0.25) is 0 Å². The molecule has 1 aliphatic heterocycles. The van der Waals surface area contributed by atoms with Gasteiger partial charge in [-0.3, -0.25) is 4.90 Å². The van der Waals surface area contributed by atoms with E-state index < -0.39 is 5.97 Å². The fraction of sp³-hybridized carbons (Fsp3) is 0.321. The van der Waals surface area contributed by atoms with Crippen molar-refractivity contribution in [2.45, 2.75) is 39.3 Å². The Balaban J connectivity index is 1.74. The van der Waals surface area contributed by atoms with Crippen molar-refractivity contribution in [2.24, 2.45) is 0 Å². The molecule has 0 bridgehead atoms. The maximum Gasteiger partial charge on any atom is 0.347 e. The molecule has 0 amide bonds. The Morgan fingerprint density at radius 2 is 1.64 bits per heavy atom. The molecule has 0 aromatic heterocycles. The Morgan fingerprint density at radius 1 is 1.00 bits per heavy atom. The van der Waals surface area contributed by atoms with E-state index in [1.165, 1.54) is 12.8 Å². The van der Waals surface area contributed by atoms with Gasteiger partial charge in [0.2, 0.25) is 0 Å². The minimum absolute atomic E-state index is 0.152. The van der Waals surface area contributed by atoms with E-state index in [2.05, 4.69) is 11.8 Å². The number of carbonyl (C=O) groups is 1. The predicted octanol–water partition coefficient (Wildman–Crippen LogP) is 5.96. The standard InChI is InChI=1S/C28H31NO4/c1-20-26(28(30)33-23-14-8-5-9-15-23)25(32-19-22-12-6-4-7-13-22)18-24(27(20)31-3)21(2)29-16-10-11-17-29/h4-9,12-15,18,21H,10-11,16-17,19H2,1-3H3. The summed E-state index contributed by atoms with van der Waals surface area (Å²) >= 11 is 0. The van der Waals surface area contributed by atoms with Gasteiger partial charge in [-0.25, -0.2) is 4.79 Å². The summed E-state index contributed by atoms with van der Waals surface area (Å²) in [5.41, 5.74) is 3.17. The van der Waals surface area contributed by atoms with Gasteiger partial charge in [0.15, 0.2) is 0 Å². The van der Waals surface area contributed by atoms with Gasteiger partial charge in [-0.1, -0.05) is 48.5 Å². The van der Waals surface area contributed by atoms with Gasteiger partial charge < -0.3 is 14.2 Å². The Morgan fingerprint density at radius 3 is 2.27 bits per heavy atom. The SMILES string of the molecule is COc1c(C(C)N2CCCC2)cc(OCc2ccccc2)c(C(=O)Oc2ccccc2)c1C. The highest BCUT2D eigenvalue weighted by atomic mass is 16.5. The number of para-hydroxylation sites is 1. The van der Waals surface area contributed by atoms with E-state index in [0.717, 1.165) is 29.8 Å². The van der Waals surface area contributed by atoms with Crippen molar-refractivity contribution in [1.29, 1.82) is 0 Å². The van der Waals surface area contributed by atoms with Crippen LogP contribution in [-0.4, -0.2) is 31.1 Å². The third-order valence-corrected chi connectivity index (χ3v) is 6.25. The van der Waals surface area contributed by atoms with Gasteiger partial charge >= 0.3 is 5.97 Å². The second-order valence-corrected chi connectivity index (χ2v) is 8.39. The second kappa shape index (κ2) is 10.5. The summed E-state index contributed by atoms with van der Waals surface area (Å²) in [6.07, 6.45) is 2.40. The van der Waals surface area contributed by atoms with E-state index in [0.29, 0.717) is 29.4 Å². The zero-order chi connectivity index (χ0) is 23.2. The van der Waals surface area contributed by atoms with Crippen LogP contribution < -0.4 is 14.2 Å². The molecule has 0 spiro atoms. The summed E-state index contributed by atoms with van der Waals surface area (Å²) in [7, 11) is 1.65. The number of benzene rings is 3. The van der Waals surface area contributed by atoms with Gasteiger partial charge in [-0.05, 0) is 63.5 Å². The van der Waals surface area contributed by atoms with Crippen molar-refractivity contribution in [1.82, 2.24) is 4.90 Å². The maximum absolute atomic E-state index is 13.3. The first-order valence-corrected chi connectivity index (χ1v) is 11.5. The molecule has 1 unspecified atom stereocenters. The molecule has 0 aliphatic carbocycles. The van der Waals surface area contributed by atoms with E-state index in [9.17, 15) is 4.79 Å². The third-order valence-electron chi connectivity index (χ3n) is 6.25. The van der Waals surface area contributed by atoms with E-state index >= 15 is 0 Å². The number of rotatable bonds is 8. The number of hydrogen-bond acceptors (Lipinski definition) is 5. The van der Waals surface area contributed by atoms with Gasteiger partial charge in [0, 0.05) is 17.2 Å². The van der Waals surface area contributed by atoms with Crippen LogP contribution in [0.1, 0.15) is 52.9 Å². The highest BCUT2D eigenvalue weighted by molar-refractivity contribution is 5.96. The molecule has 33 heavy (non-hydrogen) atoms. The Kier molecular flexibility index (Phi) is 7.30. The van der Waals surface area contributed by atoms with Crippen LogP contribution in [0, 0.1) is 6.92 Å². The summed E-state index contributed by atoms with van der Waals surface area (Å²) in [6.45, 7) is 6.56. The molecule has 5 heteroatoms. The minimum Gasteiger partial charge on any atom is -0.496 e. The molecule has 1 aliphatic rings. The number of esters is 1. The molecule has 4 rings (SSSR count). The first-order chi connectivity index (χ1) is 16.1. The fourth-order valence-corrected chi connectivity index (χ4v) is 4.45. The fourth-order valence-electron chi connectivity index (χ4n) is 4.45. The summed E-state index contributed by atoms with van der Waals surface area (Å²) in [5.74, 6) is 1.26. The van der Waals surface area contributed by atoms with Crippen LogP contribution in [0.3, 0.4) is 0 Å². The van der Waals surface area contributed by atoms with Crippen molar-refractivity contribution < 1.29 is 19.0 Å². The quantitative estimate of drug-likeness (QED) is 0.316. The average molecular weight is 446 g/mol. The third kappa shape index (κ3) is 5.20. The monoisotopic (exact) mass is 445 g/mol. The molecule has 1 heterocycles. The zero-order valence-electron chi connectivity index (χ0n) is 19.5. The number of methoxy groups -OCH3 is 1. The first-order valence-electron chi connectivity index (χ1n) is 11.5. The van der Waals surface area contributed by atoms with Gasteiger partial charge in [0.1, 0.15) is 29.4 Å². The van der Waals surface area contributed by atoms with Crippen LogP contribution in [0.15, 0.2) is 66.7 Å². The Bertz CT molecular complexity index is 1080. The van der Waals surface area contributed by atoms with Crippen molar-refractivity contribution in [3.63, 3.8) is 0 Å². The summed E-state index contributed by atoms with van der Waals surface area (Å²) in [6, 6.07) is 21.1. The summed E-state index contributed by atoms with van der Waals surface area (Å²) in [4.78, 5) is 15.7. The largest absolute Gasteiger partial charge is 0.496 e. The minimum atomic E-state index is -0.458. The van der Waals surface area contributed by atoms with E-state index in [1.807, 2.05) is 61.5 Å².